The van der Waals surface area contributed by atoms with Gasteiger partial charge in [-0.15, -0.1) is 0 Å². The maximum atomic E-state index is 12.9. The van der Waals surface area contributed by atoms with Crippen molar-refractivity contribution in [2.45, 2.75) is 13.0 Å². The van der Waals surface area contributed by atoms with Crippen molar-refractivity contribution in [1.82, 2.24) is 14.9 Å². The van der Waals surface area contributed by atoms with Gasteiger partial charge in [0.05, 0.1) is 12.9 Å². The first-order chi connectivity index (χ1) is 6.34. The summed E-state index contributed by atoms with van der Waals surface area (Å²) in [6, 6.07) is 0. The lowest BCUT2D eigenvalue weighted by atomic mass is 10.2. The lowest BCUT2D eigenvalue weighted by Crippen LogP contribution is -2.28. The monoisotopic (exact) mass is 181 g/mol. The third-order valence-electron chi connectivity index (χ3n) is 2.13. The number of hydrogen-bond acceptors (Lipinski definition) is 2. The average Bonchev–Trinajstić information content (AvgIpc) is 2.57. The molecule has 0 aromatic carbocycles. The van der Waals surface area contributed by atoms with E-state index in [0.29, 0.717) is 6.54 Å². The Labute approximate surface area is 76.3 Å². The summed E-state index contributed by atoms with van der Waals surface area (Å²) in [7, 11) is 0. The molecule has 70 valence electrons. The van der Waals surface area contributed by atoms with Gasteiger partial charge in [0.2, 0.25) is 0 Å². The summed E-state index contributed by atoms with van der Waals surface area (Å²) in [5.74, 6) is -0.0224. The van der Waals surface area contributed by atoms with Crippen LogP contribution in [0.1, 0.15) is 12.1 Å². The number of nitrogens with zero attached hydrogens (tertiary/aromatic N) is 2. The van der Waals surface area contributed by atoms with Crippen LogP contribution >= 0.6 is 0 Å². The lowest BCUT2D eigenvalue weighted by Gasteiger charge is -2.23. The van der Waals surface area contributed by atoms with Crippen molar-refractivity contribution in [3.63, 3.8) is 0 Å². The normalized spacial score (nSPS) is 18.7. The summed E-state index contributed by atoms with van der Waals surface area (Å²) < 4.78 is 12.9. The second-order valence-corrected chi connectivity index (χ2v) is 3.23. The topological polar surface area (TPSA) is 31.9 Å². The average molecular weight is 181 g/mol. The first-order valence-corrected chi connectivity index (χ1v) is 4.39. The van der Waals surface area contributed by atoms with Crippen molar-refractivity contribution in [3.8, 4) is 0 Å². The van der Waals surface area contributed by atoms with E-state index in [1.807, 2.05) is 0 Å². The standard InChI is InChI=1S/C9H12FN3/c10-8-2-1-3-13(5-8)6-9-4-11-7-12-9/h2,4,7H,1,3,5-6H2,(H,11,12). The lowest BCUT2D eigenvalue weighted by molar-refractivity contribution is 0.257. The van der Waals surface area contributed by atoms with E-state index in [1.165, 1.54) is 0 Å². The van der Waals surface area contributed by atoms with E-state index in [4.69, 9.17) is 0 Å². The maximum Gasteiger partial charge on any atom is 0.110 e. The Morgan fingerprint density at radius 3 is 3.23 bits per heavy atom. The molecule has 0 bridgehead atoms. The summed E-state index contributed by atoms with van der Waals surface area (Å²) in [5, 5.41) is 0. The number of nitrogens with one attached hydrogen (secondary N) is 1. The zero-order chi connectivity index (χ0) is 9.10. The van der Waals surface area contributed by atoms with Crippen LogP contribution in [0.4, 0.5) is 4.39 Å². The first kappa shape index (κ1) is 8.44. The van der Waals surface area contributed by atoms with Gasteiger partial charge in [-0.2, -0.15) is 0 Å². The number of aromatic nitrogens is 2. The quantitative estimate of drug-likeness (QED) is 0.749. The molecular weight excluding hydrogens is 169 g/mol. The summed E-state index contributed by atoms with van der Waals surface area (Å²) >= 11 is 0. The minimum atomic E-state index is -0.0224. The van der Waals surface area contributed by atoms with Crippen LogP contribution in [0.25, 0.3) is 0 Å². The Hall–Kier alpha value is -1.16. The van der Waals surface area contributed by atoms with Gasteiger partial charge in [0.1, 0.15) is 5.83 Å². The van der Waals surface area contributed by atoms with Crippen molar-refractivity contribution >= 4 is 0 Å². The Bertz CT molecular complexity index is 292. The molecule has 4 heteroatoms. The van der Waals surface area contributed by atoms with Gasteiger partial charge in [0, 0.05) is 25.0 Å². The van der Waals surface area contributed by atoms with E-state index >= 15 is 0 Å². The predicted octanol–water partition coefficient (Wildman–Crippen LogP) is 1.47. The van der Waals surface area contributed by atoms with Gasteiger partial charge in [-0.1, -0.05) is 6.08 Å². The molecule has 0 atom stereocenters. The van der Waals surface area contributed by atoms with Crippen molar-refractivity contribution in [3.05, 3.63) is 30.1 Å². The maximum absolute atomic E-state index is 12.9. The summed E-state index contributed by atoms with van der Waals surface area (Å²) in [5.41, 5.74) is 1.04. The molecule has 0 unspecified atom stereocenters. The zero-order valence-electron chi connectivity index (χ0n) is 7.33. The van der Waals surface area contributed by atoms with Crippen LogP contribution in [-0.4, -0.2) is 28.0 Å². The number of H-pyrrole nitrogens is 1. The third kappa shape index (κ3) is 2.15. The highest BCUT2D eigenvalue weighted by atomic mass is 19.1. The second-order valence-electron chi connectivity index (χ2n) is 3.23. The summed E-state index contributed by atoms with van der Waals surface area (Å²) in [4.78, 5) is 8.98. The van der Waals surface area contributed by atoms with E-state index in [2.05, 4.69) is 14.9 Å². The Kier molecular flexibility index (Phi) is 2.40. The predicted molar refractivity (Wildman–Crippen MR) is 47.7 cm³/mol. The molecule has 0 aliphatic carbocycles. The molecule has 0 saturated carbocycles. The van der Waals surface area contributed by atoms with E-state index in [9.17, 15) is 4.39 Å². The molecule has 1 aromatic heterocycles. The molecule has 0 saturated heterocycles. The van der Waals surface area contributed by atoms with Gasteiger partial charge < -0.3 is 4.98 Å². The van der Waals surface area contributed by atoms with Crippen LogP contribution in [-0.2, 0) is 6.54 Å². The molecule has 1 N–H and O–H groups in total. The number of imidazole rings is 1. The van der Waals surface area contributed by atoms with Crippen LogP contribution in [0.2, 0.25) is 0 Å². The molecule has 2 heterocycles. The highest BCUT2D eigenvalue weighted by Gasteiger charge is 2.12. The molecule has 1 aliphatic rings. The Balaban J connectivity index is 1.93. The molecule has 13 heavy (non-hydrogen) atoms. The third-order valence-corrected chi connectivity index (χ3v) is 2.13. The van der Waals surface area contributed by atoms with Crippen molar-refractivity contribution in [2.24, 2.45) is 0 Å². The molecular formula is C9H12FN3. The molecule has 0 spiro atoms. The number of aromatic amines is 1. The van der Waals surface area contributed by atoms with Crippen LogP contribution in [0.5, 0.6) is 0 Å². The smallest absolute Gasteiger partial charge is 0.110 e. The largest absolute Gasteiger partial charge is 0.347 e. The van der Waals surface area contributed by atoms with Crippen LogP contribution in [0.15, 0.2) is 24.4 Å². The highest BCUT2D eigenvalue weighted by Crippen LogP contribution is 2.12. The second kappa shape index (κ2) is 3.70. The minimum absolute atomic E-state index is 0.0224. The molecule has 0 fully saturated rings. The van der Waals surface area contributed by atoms with Gasteiger partial charge in [-0.25, -0.2) is 9.37 Å². The van der Waals surface area contributed by atoms with E-state index in [0.717, 1.165) is 25.2 Å². The van der Waals surface area contributed by atoms with Gasteiger partial charge in [0.25, 0.3) is 0 Å². The van der Waals surface area contributed by atoms with Crippen LogP contribution in [0.3, 0.4) is 0 Å². The fourth-order valence-electron chi connectivity index (χ4n) is 1.51. The number of hydrogen-bond donors (Lipinski definition) is 1. The Morgan fingerprint density at radius 1 is 1.62 bits per heavy atom. The Morgan fingerprint density at radius 2 is 2.54 bits per heavy atom. The van der Waals surface area contributed by atoms with Gasteiger partial charge >= 0.3 is 0 Å². The van der Waals surface area contributed by atoms with Crippen LogP contribution < -0.4 is 0 Å². The number of halogens is 1. The highest BCUT2D eigenvalue weighted by molar-refractivity contribution is 5.02. The number of rotatable bonds is 2. The summed E-state index contributed by atoms with van der Waals surface area (Å²) in [6.07, 6.45) is 5.88. The fraction of sp³-hybridized carbons (Fsp3) is 0.444. The molecule has 2 rings (SSSR count). The fourth-order valence-corrected chi connectivity index (χ4v) is 1.51. The SMILES string of the molecule is FC1=CCCN(Cc2cnc[nH]2)C1. The van der Waals surface area contributed by atoms with Gasteiger partial charge in [0.15, 0.2) is 0 Å². The van der Waals surface area contributed by atoms with Crippen molar-refractivity contribution in [1.29, 1.82) is 0 Å². The zero-order valence-corrected chi connectivity index (χ0v) is 7.33. The van der Waals surface area contributed by atoms with Gasteiger partial charge in [-0.05, 0) is 6.42 Å². The van der Waals surface area contributed by atoms with Gasteiger partial charge in [-0.3, -0.25) is 4.90 Å². The van der Waals surface area contributed by atoms with Crippen molar-refractivity contribution in [2.75, 3.05) is 13.1 Å². The molecule has 1 aliphatic heterocycles. The summed E-state index contributed by atoms with van der Waals surface area (Å²) in [6.45, 7) is 2.10. The molecule has 1 aromatic rings. The molecule has 0 amide bonds. The van der Waals surface area contributed by atoms with Crippen LogP contribution in [0, 0.1) is 0 Å². The van der Waals surface area contributed by atoms with E-state index in [1.54, 1.807) is 18.6 Å². The minimum Gasteiger partial charge on any atom is -0.347 e. The van der Waals surface area contributed by atoms with E-state index < -0.39 is 0 Å². The molecule has 3 nitrogen and oxygen atoms in total. The van der Waals surface area contributed by atoms with E-state index in [-0.39, 0.29) is 5.83 Å². The molecule has 0 radical (unpaired) electrons. The first-order valence-electron chi connectivity index (χ1n) is 4.39. The van der Waals surface area contributed by atoms with Crippen molar-refractivity contribution < 1.29 is 4.39 Å².